The number of rotatable bonds is 6. The van der Waals surface area contributed by atoms with Crippen molar-refractivity contribution in [3.8, 4) is 0 Å². The zero-order valence-electron chi connectivity index (χ0n) is 13.6. The molecule has 0 aromatic carbocycles. The summed E-state index contributed by atoms with van der Waals surface area (Å²) in [4.78, 5) is 0. The number of hydrogen-bond donors (Lipinski definition) is 0. The van der Waals surface area contributed by atoms with Gasteiger partial charge in [0.15, 0.2) is 0 Å². The van der Waals surface area contributed by atoms with Gasteiger partial charge in [-0.15, -0.1) is 0 Å². The molecule has 2 fully saturated rings. The van der Waals surface area contributed by atoms with Crippen LogP contribution in [0.4, 0.5) is 0 Å². The van der Waals surface area contributed by atoms with Crippen LogP contribution < -0.4 is 0 Å². The minimum atomic E-state index is 0.740. The molecule has 0 N–H and O–H groups in total. The summed E-state index contributed by atoms with van der Waals surface area (Å²) >= 11 is 0. The Hall–Kier alpha value is 0. The van der Waals surface area contributed by atoms with Crippen LogP contribution in [0.15, 0.2) is 0 Å². The third kappa shape index (κ3) is 3.56. The lowest BCUT2D eigenvalue weighted by Crippen LogP contribution is -2.40. The smallest absolute Gasteiger partial charge is 0.0241 e. The van der Waals surface area contributed by atoms with E-state index in [2.05, 4.69) is 13.8 Å². The molecule has 0 nitrogen and oxygen atoms in total. The molecule has 2 aliphatic carbocycles. The molecule has 0 radical (unpaired) electrons. The van der Waals surface area contributed by atoms with Gasteiger partial charge in [-0.05, 0) is 55.8 Å². The fraction of sp³-hybridized carbons (Fsp3) is 1.00. The van der Waals surface area contributed by atoms with Crippen LogP contribution in [0.25, 0.3) is 0 Å². The van der Waals surface area contributed by atoms with Crippen LogP contribution >= 0.6 is 0 Å². The highest BCUT2D eigenvalue weighted by Gasteiger charge is 2.43. The lowest BCUT2D eigenvalue weighted by molar-refractivity contribution is 0.00347. The number of hydrogen-bond acceptors (Lipinski definition) is 0. The highest BCUT2D eigenvalue weighted by Crippen LogP contribution is 2.54. The van der Waals surface area contributed by atoms with Gasteiger partial charge in [0.25, 0.3) is 0 Å². The second-order valence-corrected chi connectivity index (χ2v) is 7.40. The van der Waals surface area contributed by atoms with E-state index in [0.29, 0.717) is 0 Å². The topological polar surface area (TPSA) is 0 Å². The van der Waals surface area contributed by atoms with Crippen LogP contribution in [0.2, 0.25) is 0 Å². The largest absolute Gasteiger partial charge is 0.0654 e. The monoisotopic (exact) mass is 264 g/mol. The van der Waals surface area contributed by atoms with Crippen molar-refractivity contribution in [1.82, 2.24) is 0 Å². The fourth-order valence-corrected chi connectivity index (χ4v) is 5.56. The molecular formula is C19H36. The molecule has 0 heteroatoms. The minimum Gasteiger partial charge on any atom is -0.0654 e. The molecule has 0 aliphatic heterocycles. The molecule has 2 aliphatic rings. The molecule has 2 saturated carbocycles. The molecule has 0 aromatic rings. The average Bonchev–Trinajstić information content (AvgIpc) is 2.49. The molecule has 0 bridgehead atoms. The lowest BCUT2D eigenvalue weighted by Gasteiger charge is -2.50. The van der Waals surface area contributed by atoms with Crippen LogP contribution in [0.5, 0.6) is 0 Å². The molecular weight excluding hydrogens is 228 g/mol. The van der Waals surface area contributed by atoms with Gasteiger partial charge in [0.1, 0.15) is 0 Å². The minimum absolute atomic E-state index is 0.740. The first kappa shape index (κ1) is 15.4. The van der Waals surface area contributed by atoms with Crippen molar-refractivity contribution in [1.29, 1.82) is 0 Å². The summed E-state index contributed by atoms with van der Waals surface area (Å²) in [5.41, 5.74) is 0.740. The molecule has 0 heterocycles. The molecule has 0 saturated heterocycles. The molecule has 0 unspecified atom stereocenters. The van der Waals surface area contributed by atoms with Crippen LogP contribution in [0.1, 0.15) is 104 Å². The summed E-state index contributed by atoms with van der Waals surface area (Å²) in [5.74, 6) is 2.15. The summed E-state index contributed by atoms with van der Waals surface area (Å²) in [6.07, 6.45) is 21.2. The Morgan fingerprint density at radius 2 is 1.00 bits per heavy atom. The van der Waals surface area contributed by atoms with Gasteiger partial charge in [-0.1, -0.05) is 65.2 Å². The SMILES string of the molecule is CCCC(CCC)(C1CCCCC1)C1CCCCC1. The molecule has 2 rings (SSSR count). The van der Waals surface area contributed by atoms with Crippen molar-refractivity contribution in [3.05, 3.63) is 0 Å². The van der Waals surface area contributed by atoms with E-state index in [1.807, 2.05) is 0 Å². The summed E-state index contributed by atoms with van der Waals surface area (Å²) in [7, 11) is 0. The van der Waals surface area contributed by atoms with Crippen molar-refractivity contribution in [2.45, 2.75) is 104 Å². The second-order valence-electron chi connectivity index (χ2n) is 7.40. The summed E-state index contributed by atoms with van der Waals surface area (Å²) in [6.45, 7) is 4.85. The molecule has 0 amide bonds. The van der Waals surface area contributed by atoms with Gasteiger partial charge in [0.05, 0.1) is 0 Å². The van der Waals surface area contributed by atoms with Gasteiger partial charge < -0.3 is 0 Å². The predicted octanol–water partition coefficient (Wildman–Crippen LogP) is 6.73. The van der Waals surface area contributed by atoms with Crippen molar-refractivity contribution in [2.75, 3.05) is 0 Å². The van der Waals surface area contributed by atoms with E-state index >= 15 is 0 Å². The lowest BCUT2D eigenvalue weighted by atomic mass is 9.55. The maximum Gasteiger partial charge on any atom is -0.0241 e. The van der Waals surface area contributed by atoms with E-state index < -0.39 is 0 Å². The molecule has 112 valence electrons. The van der Waals surface area contributed by atoms with Crippen molar-refractivity contribution < 1.29 is 0 Å². The van der Waals surface area contributed by atoms with Gasteiger partial charge in [-0.2, -0.15) is 0 Å². The predicted molar refractivity (Wildman–Crippen MR) is 85.4 cm³/mol. The van der Waals surface area contributed by atoms with Crippen LogP contribution in [-0.2, 0) is 0 Å². The van der Waals surface area contributed by atoms with Crippen LogP contribution in [-0.4, -0.2) is 0 Å². The highest BCUT2D eigenvalue weighted by molar-refractivity contribution is 4.94. The maximum atomic E-state index is 2.43. The highest BCUT2D eigenvalue weighted by atomic mass is 14.5. The summed E-state index contributed by atoms with van der Waals surface area (Å²) in [6, 6.07) is 0. The summed E-state index contributed by atoms with van der Waals surface area (Å²) < 4.78 is 0. The van der Waals surface area contributed by atoms with E-state index in [1.165, 1.54) is 64.2 Å². The Morgan fingerprint density at radius 3 is 1.32 bits per heavy atom. The van der Waals surface area contributed by atoms with Crippen LogP contribution in [0, 0.1) is 17.3 Å². The Kier molecular flexibility index (Phi) is 6.23. The molecule has 19 heavy (non-hydrogen) atoms. The fourth-order valence-electron chi connectivity index (χ4n) is 5.56. The first-order chi connectivity index (χ1) is 9.33. The molecule has 0 aromatic heterocycles. The van der Waals surface area contributed by atoms with E-state index in [0.717, 1.165) is 17.3 Å². The second kappa shape index (κ2) is 7.70. The normalized spacial score (nSPS) is 23.7. The van der Waals surface area contributed by atoms with Crippen molar-refractivity contribution >= 4 is 0 Å². The Balaban J connectivity index is 2.16. The third-order valence-corrected chi connectivity index (χ3v) is 6.27. The van der Waals surface area contributed by atoms with Gasteiger partial charge in [-0.3, -0.25) is 0 Å². The van der Waals surface area contributed by atoms with Gasteiger partial charge in [0, 0.05) is 0 Å². The van der Waals surface area contributed by atoms with E-state index in [4.69, 9.17) is 0 Å². The maximum absolute atomic E-state index is 2.43. The van der Waals surface area contributed by atoms with Gasteiger partial charge in [0.2, 0.25) is 0 Å². The van der Waals surface area contributed by atoms with Crippen LogP contribution in [0.3, 0.4) is 0 Å². The average molecular weight is 264 g/mol. The first-order valence-electron chi connectivity index (χ1n) is 9.33. The standard InChI is InChI=1S/C19H36/c1-3-15-19(16-4-2,17-11-7-5-8-12-17)18-13-9-6-10-14-18/h17-18H,3-16H2,1-2H3. The van der Waals surface area contributed by atoms with Crippen molar-refractivity contribution in [2.24, 2.45) is 17.3 Å². The van der Waals surface area contributed by atoms with E-state index in [9.17, 15) is 0 Å². The zero-order chi connectivity index (χ0) is 13.6. The van der Waals surface area contributed by atoms with Gasteiger partial charge >= 0.3 is 0 Å². The zero-order valence-corrected chi connectivity index (χ0v) is 13.6. The van der Waals surface area contributed by atoms with Crippen molar-refractivity contribution in [3.63, 3.8) is 0 Å². The Morgan fingerprint density at radius 1 is 0.632 bits per heavy atom. The van der Waals surface area contributed by atoms with E-state index in [-0.39, 0.29) is 0 Å². The molecule has 0 spiro atoms. The summed E-state index contributed by atoms with van der Waals surface area (Å²) in [5, 5.41) is 0. The van der Waals surface area contributed by atoms with Gasteiger partial charge in [-0.25, -0.2) is 0 Å². The first-order valence-corrected chi connectivity index (χ1v) is 9.33. The quantitative estimate of drug-likeness (QED) is 0.498. The molecule has 0 atom stereocenters. The Labute approximate surface area is 121 Å². The Bertz CT molecular complexity index is 204. The third-order valence-electron chi connectivity index (χ3n) is 6.27. The van der Waals surface area contributed by atoms with E-state index in [1.54, 1.807) is 25.7 Å².